The summed E-state index contributed by atoms with van der Waals surface area (Å²) in [5.41, 5.74) is 4.48. The number of primary amides is 1. The lowest BCUT2D eigenvalue weighted by atomic mass is 10.1. The normalized spacial score (nSPS) is 10.6. The third-order valence-corrected chi connectivity index (χ3v) is 2.89. The second kappa shape index (κ2) is 6.18. The van der Waals surface area contributed by atoms with Crippen molar-refractivity contribution in [2.45, 2.75) is 39.0 Å². The Morgan fingerprint density at radius 3 is 2.50 bits per heavy atom. The average Bonchev–Trinajstić information content (AvgIpc) is 2.33. The second-order valence-corrected chi connectivity index (χ2v) is 4.32. The molecular weight excluding hydrogens is 234 g/mol. The number of aryl methyl sites for hydroxylation is 1. The predicted molar refractivity (Wildman–Crippen MR) is 68.8 cm³/mol. The summed E-state index contributed by atoms with van der Waals surface area (Å²) >= 11 is 0. The zero-order valence-corrected chi connectivity index (χ0v) is 10.8. The average molecular weight is 253 g/mol. The number of carbonyl (C=O) groups excluding carboxylic acids is 1. The van der Waals surface area contributed by atoms with Gasteiger partial charge in [0.1, 0.15) is 0 Å². The maximum Gasteiger partial charge on any atom is 0.339 e. The van der Waals surface area contributed by atoms with Crippen molar-refractivity contribution >= 4 is 6.03 Å². The van der Waals surface area contributed by atoms with Gasteiger partial charge in [0.2, 0.25) is 0 Å². The second-order valence-electron chi connectivity index (χ2n) is 4.32. The molecular formula is C12H19N3O3. The molecule has 0 aliphatic heterocycles. The predicted octanol–water partition coefficient (Wildman–Crippen LogP) is 0.597. The highest BCUT2D eigenvalue weighted by atomic mass is 16.2. The Kier molecular flexibility index (Phi) is 4.88. The molecule has 6 nitrogen and oxygen atoms in total. The van der Waals surface area contributed by atoms with Gasteiger partial charge in [-0.15, -0.1) is 0 Å². The summed E-state index contributed by atoms with van der Waals surface area (Å²) in [6.45, 7) is 2.10. The van der Waals surface area contributed by atoms with Crippen LogP contribution < -0.4 is 17.0 Å². The van der Waals surface area contributed by atoms with E-state index in [4.69, 9.17) is 5.73 Å². The Bertz CT molecular complexity index is 542. The van der Waals surface area contributed by atoms with E-state index in [1.54, 1.807) is 0 Å². The van der Waals surface area contributed by atoms with E-state index in [1.807, 2.05) is 0 Å². The molecule has 0 spiro atoms. The van der Waals surface area contributed by atoms with E-state index in [2.05, 4.69) is 6.92 Å². The number of hydrogen-bond donors (Lipinski definition) is 1. The van der Waals surface area contributed by atoms with Gasteiger partial charge in [-0.3, -0.25) is 9.36 Å². The Morgan fingerprint density at radius 1 is 1.28 bits per heavy atom. The standard InChI is InChI=1S/C12H19N3O3/c1-3-4-5-6-7-9-8-15(11(13)17)12(18)14(2)10(9)16/h8H,3-7H2,1-2H3,(H2,13,17). The lowest BCUT2D eigenvalue weighted by Gasteiger charge is -2.07. The summed E-state index contributed by atoms with van der Waals surface area (Å²) in [6, 6.07) is -0.870. The van der Waals surface area contributed by atoms with Crippen LogP contribution in [0.2, 0.25) is 0 Å². The van der Waals surface area contributed by atoms with Crippen molar-refractivity contribution in [3.63, 3.8) is 0 Å². The first-order valence-corrected chi connectivity index (χ1v) is 6.10. The van der Waals surface area contributed by atoms with Gasteiger partial charge >= 0.3 is 11.7 Å². The SMILES string of the molecule is CCCCCCc1cn(C(N)=O)c(=O)n(C)c1=O. The van der Waals surface area contributed by atoms with E-state index in [0.29, 0.717) is 12.0 Å². The summed E-state index contributed by atoms with van der Waals surface area (Å²) < 4.78 is 1.69. The van der Waals surface area contributed by atoms with Gasteiger partial charge in [-0.25, -0.2) is 14.2 Å². The molecule has 1 amide bonds. The van der Waals surface area contributed by atoms with Crippen molar-refractivity contribution in [2.24, 2.45) is 12.8 Å². The van der Waals surface area contributed by atoms with Gasteiger partial charge in [-0.1, -0.05) is 26.2 Å². The van der Waals surface area contributed by atoms with E-state index in [-0.39, 0.29) is 5.56 Å². The lowest BCUT2D eigenvalue weighted by Crippen LogP contribution is -2.43. The Balaban J connectivity index is 3.02. The summed E-state index contributed by atoms with van der Waals surface area (Å²) in [7, 11) is 1.35. The van der Waals surface area contributed by atoms with E-state index in [0.717, 1.165) is 34.8 Å². The number of rotatable bonds is 5. The molecule has 18 heavy (non-hydrogen) atoms. The molecule has 6 heteroatoms. The first kappa shape index (κ1) is 14.2. The quantitative estimate of drug-likeness (QED) is 0.779. The minimum Gasteiger partial charge on any atom is -0.351 e. The molecule has 1 aromatic heterocycles. The molecule has 0 saturated carbocycles. The van der Waals surface area contributed by atoms with E-state index in [9.17, 15) is 14.4 Å². The molecule has 1 heterocycles. The van der Waals surface area contributed by atoms with Crippen molar-refractivity contribution in [3.8, 4) is 0 Å². The Labute approximate surface area is 105 Å². The van der Waals surface area contributed by atoms with Gasteiger partial charge in [0.15, 0.2) is 0 Å². The van der Waals surface area contributed by atoms with Crippen LogP contribution in [0, 0.1) is 0 Å². The maximum atomic E-state index is 11.8. The minimum absolute atomic E-state index is 0.353. The van der Waals surface area contributed by atoms with Crippen molar-refractivity contribution < 1.29 is 4.79 Å². The molecule has 0 aliphatic carbocycles. The molecule has 0 bridgehead atoms. The molecule has 0 aliphatic rings. The molecule has 0 fully saturated rings. The highest BCUT2D eigenvalue weighted by Crippen LogP contribution is 2.03. The molecule has 0 saturated heterocycles. The van der Waals surface area contributed by atoms with Gasteiger partial charge < -0.3 is 5.73 Å². The lowest BCUT2D eigenvalue weighted by molar-refractivity contribution is 0.248. The topological polar surface area (TPSA) is 87.1 Å². The fourth-order valence-electron chi connectivity index (χ4n) is 1.80. The third kappa shape index (κ3) is 3.09. The van der Waals surface area contributed by atoms with Gasteiger partial charge in [-0.2, -0.15) is 0 Å². The van der Waals surface area contributed by atoms with Gasteiger partial charge in [0.25, 0.3) is 5.56 Å². The van der Waals surface area contributed by atoms with Crippen LogP contribution in [0.1, 0.15) is 38.2 Å². The molecule has 0 radical (unpaired) electrons. The van der Waals surface area contributed by atoms with Crippen LogP contribution >= 0.6 is 0 Å². The van der Waals surface area contributed by atoms with Crippen LogP contribution in [0.25, 0.3) is 0 Å². The molecule has 0 aromatic carbocycles. The van der Waals surface area contributed by atoms with Gasteiger partial charge in [-0.05, 0) is 12.8 Å². The first-order valence-electron chi connectivity index (χ1n) is 6.10. The minimum atomic E-state index is -0.870. The fourth-order valence-corrected chi connectivity index (χ4v) is 1.80. The van der Waals surface area contributed by atoms with Crippen molar-refractivity contribution in [2.75, 3.05) is 0 Å². The van der Waals surface area contributed by atoms with Crippen LogP contribution in [0.5, 0.6) is 0 Å². The van der Waals surface area contributed by atoms with Crippen LogP contribution in [-0.4, -0.2) is 15.2 Å². The molecule has 2 N–H and O–H groups in total. The van der Waals surface area contributed by atoms with Crippen molar-refractivity contribution in [1.29, 1.82) is 0 Å². The van der Waals surface area contributed by atoms with Crippen molar-refractivity contribution in [3.05, 3.63) is 32.6 Å². The number of carbonyl (C=O) groups is 1. The number of aromatic nitrogens is 2. The number of hydrogen-bond acceptors (Lipinski definition) is 3. The smallest absolute Gasteiger partial charge is 0.339 e. The number of nitrogens with two attached hydrogens (primary N) is 1. The molecule has 0 unspecified atom stereocenters. The number of unbranched alkanes of at least 4 members (excludes halogenated alkanes) is 3. The maximum absolute atomic E-state index is 11.8. The fraction of sp³-hybridized carbons (Fsp3) is 0.583. The van der Waals surface area contributed by atoms with E-state index < -0.39 is 11.7 Å². The zero-order valence-electron chi connectivity index (χ0n) is 10.8. The number of amides is 1. The summed E-state index contributed by atoms with van der Waals surface area (Å²) in [4.78, 5) is 34.5. The van der Waals surface area contributed by atoms with Gasteiger partial charge in [0.05, 0.1) is 0 Å². The van der Waals surface area contributed by atoms with E-state index in [1.165, 1.54) is 13.2 Å². The zero-order chi connectivity index (χ0) is 13.7. The van der Waals surface area contributed by atoms with E-state index >= 15 is 0 Å². The highest BCUT2D eigenvalue weighted by molar-refractivity contribution is 5.74. The first-order chi connectivity index (χ1) is 8.49. The molecule has 1 rings (SSSR count). The largest absolute Gasteiger partial charge is 0.351 e. The monoisotopic (exact) mass is 253 g/mol. The van der Waals surface area contributed by atoms with Gasteiger partial charge in [0, 0.05) is 18.8 Å². The Hall–Kier alpha value is -1.85. The summed E-state index contributed by atoms with van der Waals surface area (Å²) in [6.07, 6.45) is 5.92. The molecule has 1 aromatic rings. The number of nitrogens with zero attached hydrogens (tertiary/aromatic N) is 2. The highest BCUT2D eigenvalue weighted by Gasteiger charge is 2.11. The van der Waals surface area contributed by atoms with Crippen LogP contribution in [0.15, 0.2) is 15.8 Å². The summed E-state index contributed by atoms with van der Waals surface area (Å²) in [5, 5.41) is 0. The van der Waals surface area contributed by atoms with Crippen molar-refractivity contribution in [1.82, 2.24) is 9.13 Å². The molecule has 0 atom stereocenters. The molecule has 100 valence electrons. The summed E-state index contributed by atoms with van der Waals surface area (Å²) in [5.74, 6) is 0. The van der Waals surface area contributed by atoms with Crippen LogP contribution in [-0.2, 0) is 13.5 Å². The Morgan fingerprint density at radius 2 is 1.94 bits per heavy atom. The third-order valence-electron chi connectivity index (χ3n) is 2.89. The van der Waals surface area contributed by atoms with Crippen LogP contribution in [0.4, 0.5) is 4.79 Å². The van der Waals surface area contributed by atoms with Crippen LogP contribution in [0.3, 0.4) is 0 Å².